The van der Waals surface area contributed by atoms with E-state index in [0.717, 1.165) is 17.7 Å². The van der Waals surface area contributed by atoms with Crippen LogP contribution in [-0.2, 0) is 6.18 Å². The van der Waals surface area contributed by atoms with E-state index in [-0.39, 0.29) is 17.1 Å². The first kappa shape index (κ1) is 18.5. The molecule has 0 atom stereocenters. The summed E-state index contributed by atoms with van der Waals surface area (Å²) in [7, 11) is 1.48. The number of alkyl halides is 3. The first-order valence-electron chi connectivity index (χ1n) is 7.99. The number of rotatable bonds is 3. The molecule has 138 valence electrons. The summed E-state index contributed by atoms with van der Waals surface area (Å²) in [5, 5.41) is 8.15. The second-order valence-corrected chi connectivity index (χ2v) is 5.83. The molecule has 0 radical (unpaired) electrons. The highest BCUT2D eigenvalue weighted by Crippen LogP contribution is 2.28. The van der Waals surface area contributed by atoms with Crippen molar-refractivity contribution in [2.24, 2.45) is 0 Å². The van der Waals surface area contributed by atoms with Crippen molar-refractivity contribution in [1.82, 2.24) is 15.2 Å². The van der Waals surface area contributed by atoms with E-state index in [0.29, 0.717) is 5.69 Å². The number of benzene rings is 1. The number of amides is 1. The predicted octanol–water partition coefficient (Wildman–Crippen LogP) is 4.14. The second-order valence-electron chi connectivity index (χ2n) is 5.83. The van der Waals surface area contributed by atoms with Gasteiger partial charge in [0.2, 0.25) is 0 Å². The molecule has 0 aliphatic carbocycles. The molecule has 3 rings (SSSR count). The maximum Gasteiger partial charge on any atom is 0.433 e. The Morgan fingerprint density at radius 1 is 0.963 bits per heavy atom. The van der Waals surface area contributed by atoms with Crippen molar-refractivity contribution >= 4 is 11.7 Å². The van der Waals surface area contributed by atoms with Crippen LogP contribution in [0.1, 0.15) is 21.7 Å². The third kappa shape index (κ3) is 3.94. The van der Waals surface area contributed by atoms with Gasteiger partial charge in [0.1, 0.15) is 5.69 Å². The van der Waals surface area contributed by atoms with E-state index in [2.05, 4.69) is 15.2 Å². The molecule has 0 fully saturated rings. The third-order valence-electron chi connectivity index (χ3n) is 3.97. The van der Waals surface area contributed by atoms with Gasteiger partial charge in [0, 0.05) is 12.6 Å². The molecule has 0 unspecified atom stereocenters. The smallest absolute Gasteiger partial charge is 0.294 e. The van der Waals surface area contributed by atoms with Gasteiger partial charge in [-0.3, -0.25) is 9.69 Å². The summed E-state index contributed by atoms with van der Waals surface area (Å²) in [5.74, 6) is -0.241. The lowest BCUT2D eigenvalue weighted by molar-refractivity contribution is -0.141. The summed E-state index contributed by atoms with van der Waals surface area (Å²) >= 11 is 0. The maximum absolute atomic E-state index is 12.7. The summed E-state index contributed by atoms with van der Waals surface area (Å²) in [4.78, 5) is 17.3. The number of nitrogens with zero attached hydrogens (tertiary/aromatic N) is 4. The number of aryl methyl sites for hydroxylation is 1. The summed E-state index contributed by atoms with van der Waals surface area (Å²) in [5.41, 5.74) is 0.557. The topological polar surface area (TPSA) is 59.0 Å². The Hall–Kier alpha value is -3.29. The summed E-state index contributed by atoms with van der Waals surface area (Å²) < 4.78 is 38.2. The zero-order valence-electron chi connectivity index (χ0n) is 14.5. The minimum Gasteiger partial charge on any atom is -0.294 e. The molecule has 5 nitrogen and oxygen atoms in total. The number of hydrogen-bond acceptors (Lipinski definition) is 4. The lowest BCUT2D eigenvalue weighted by Gasteiger charge is -2.17. The number of aromatic nitrogens is 3. The number of carbonyl (C=O) groups is 1. The van der Waals surface area contributed by atoms with Crippen LogP contribution in [0, 0.1) is 6.92 Å². The van der Waals surface area contributed by atoms with E-state index in [1.165, 1.54) is 18.9 Å². The Balaban J connectivity index is 1.83. The molecule has 0 saturated carbocycles. The SMILES string of the molecule is Cc1nc(C(F)(F)F)ccc1C(=O)N(C)c1ccc(-c2ccccc2)nn1. The number of hydrogen-bond donors (Lipinski definition) is 0. The first-order valence-corrected chi connectivity index (χ1v) is 7.99. The van der Waals surface area contributed by atoms with Crippen LogP contribution < -0.4 is 4.90 Å². The molecule has 0 aliphatic rings. The maximum atomic E-state index is 12.7. The highest BCUT2D eigenvalue weighted by molar-refractivity contribution is 6.05. The molecular formula is C19H15F3N4O. The molecule has 0 aliphatic heterocycles. The third-order valence-corrected chi connectivity index (χ3v) is 3.97. The molecule has 0 saturated heterocycles. The fourth-order valence-corrected chi connectivity index (χ4v) is 2.50. The van der Waals surface area contributed by atoms with Gasteiger partial charge < -0.3 is 0 Å². The molecule has 27 heavy (non-hydrogen) atoms. The Morgan fingerprint density at radius 3 is 2.22 bits per heavy atom. The van der Waals surface area contributed by atoms with E-state index in [4.69, 9.17) is 0 Å². The zero-order chi connectivity index (χ0) is 19.6. The van der Waals surface area contributed by atoms with Crippen LogP contribution in [0.4, 0.5) is 19.0 Å². The van der Waals surface area contributed by atoms with Crippen molar-refractivity contribution in [2.45, 2.75) is 13.1 Å². The van der Waals surface area contributed by atoms with Gasteiger partial charge in [0.25, 0.3) is 5.91 Å². The molecule has 8 heteroatoms. The Kier molecular flexibility index (Phi) is 4.89. The fourth-order valence-electron chi connectivity index (χ4n) is 2.50. The van der Waals surface area contributed by atoms with Gasteiger partial charge in [-0.1, -0.05) is 30.3 Å². The summed E-state index contributed by atoms with van der Waals surface area (Å²) in [6, 6.07) is 14.7. The van der Waals surface area contributed by atoms with E-state index < -0.39 is 17.8 Å². The first-order chi connectivity index (χ1) is 12.8. The molecular weight excluding hydrogens is 357 g/mol. The number of pyridine rings is 1. The average Bonchev–Trinajstić information content (AvgIpc) is 2.67. The zero-order valence-corrected chi connectivity index (χ0v) is 14.5. The second kappa shape index (κ2) is 7.14. The van der Waals surface area contributed by atoms with Crippen LogP contribution in [-0.4, -0.2) is 28.1 Å². The molecule has 3 aromatic rings. The summed E-state index contributed by atoms with van der Waals surface area (Å²) in [6.45, 7) is 1.36. The van der Waals surface area contributed by atoms with Crippen molar-refractivity contribution in [3.8, 4) is 11.3 Å². The van der Waals surface area contributed by atoms with E-state index in [9.17, 15) is 18.0 Å². The van der Waals surface area contributed by atoms with Gasteiger partial charge >= 0.3 is 6.18 Å². The molecule has 0 bridgehead atoms. The van der Waals surface area contributed by atoms with Crippen LogP contribution >= 0.6 is 0 Å². The van der Waals surface area contributed by atoms with E-state index in [1.54, 1.807) is 12.1 Å². The lowest BCUT2D eigenvalue weighted by Crippen LogP contribution is -2.28. The van der Waals surface area contributed by atoms with E-state index >= 15 is 0 Å². The van der Waals surface area contributed by atoms with Gasteiger partial charge in [-0.2, -0.15) is 13.2 Å². The molecule has 0 N–H and O–H groups in total. The Bertz CT molecular complexity index is 957. The van der Waals surface area contributed by atoms with Crippen LogP contribution in [0.5, 0.6) is 0 Å². The van der Waals surface area contributed by atoms with Gasteiger partial charge in [-0.25, -0.2) is 4.98 Å². The number of halogens is 3. The average molecular weight is 372 g/mol. The quantitative estimate of drug-likeness (QED) is 0.693. The van der Waals surface area contributed by atoms with Gasteiger partial charge in [0.15, 0.2) is 5.82 Å². The highest BCUT2D eigenvalue weighted by atomic mass is 19.4. The lowest BCUT2D eigenvalue weighted by atomic mass is 10.1. The molecule has 2 heterocycles. The van der Waals surface area contributed by atoms with Crippen LogP contribution in [0.25, 0.3) is 11.3 Å². The minimum atomic E-state index is -4.56. The van der Waals surface area contributed by atoms with Crippen LogP contribution in [0.2, 0.25) is 0 Å². The Labute approximate surface area is 153 Å². The van der Waals surface area contributed by atoms with Crippen molar-refractivity contribution in [3.63, 3.8) is 0 Å². The molecule has 2 aromatic heterocycles. The minimum absolute atomic E-state index is 0.00413. The van der Waals surface area contributed by atoms with Gasteiger partial charge in [-0.15, -0.1) is 10.2 Å². The molecule has 1 amide bonds. The van der Waals surface area contributed by atoms with Crippen molar-refractivity contribution in [3.05, 3.63) is 71.5 Å². The van der Waals surface area contributed by atoms with Crippen LogP contribution in [0.15, 0.2) is 54.6 Å². The Morgan fingerprint density at radius 2 is 1.67 bits per heavy atom. The summed E-state index contributed by atoms with van der Waals surface area (Å²) in [6.07, 6.45) is -4.56. The number of carbonyl (C=O) groups excluding carboxylic acids is 1. The predicted molar refractivity (Wildman–Crippen MR) is 94.2 cm³/mol. The molecule has 1 aromatic carbocycles. The largest absolute Gasteiger partial charge is 0.433 e. The highest BCUT2D eigenvalue weighted by Gasteiger charge is 2.33. The van der Waals surface area contributed by atoms with Gasteiger partial charge in [-0.05, 0) is 31.2 Å². The monoisotopic (exact) mass is 372 g/mol. The normalized spacial score (nSPS) is 11.3. The standard InChI is InChI=1S/C19H15F3N4O/c1-12-14(8-10-16(23-12)19(20,21)22)18(27)26(2)17-11-9-15(24-25-17)13-6-4-3-5-7-13/h3-11H,1-2H3. The van der Waals surface area contributed by atoms with Crippen molar-refractivity contribution in [1.29, 1.82) is 0 Å². The molecule has 0 spiro atoms. The van der Waals surface area contributed by atoms with Gasteiger partial charge in [0.05, 0.1) is 17.0 Å². The van der Waals surface area contributed by atoms with Crippen LogP contribution in [0.3, 0.4) is 0 Å². The number of anilines is 1. The van der Waals surface area contributed by atoms with Crippen molar-refractivity contribution in [2.75, 3.05) is 11.9 Å². The van der Waals surface area contributed by atoms with E-state index in [1.807, 2.05) is 30.3 Å². The fraction of sp³-hybridized carbons (Fsp3) is 0.158. The van der Waals surface area contributed by atoms with Crippen molar-refractivity contribution < 1.29 is 18.0 Å².